The van der Waals surface area contributed by atoms with E-state index in [1.165, 1.54) is 6.08 Å². The second-order valence-electron chi connectivity index (χ2n) is 7.54. The van der Waals surface area contributed by atoms with Gasteiger partial charge in [0.15, 0.2) is 6.29 Å². The molecule has 0 saturated carbocycles. The van der Waals surface area contributed by atoms with Crippen LogP contribution in [0.4, 0.5) is 0 Å². The molecule has 4 rings (SSSR count). The molecule has 1 saturated heterocycles. The van der Waals surface area contributed by atoms with Crippen LogP contribution in [0.25, 0.3) is 0 Å². The SMILES string of the molecule is O=C1OC2=CC(O)CCC2=C1C(OC1OC(CO)C(O)C(O)C1O)c1ccccc1. The van der Waals surface area contributed by atoms with E-state index in [1.807, 2.05) is 0 Å². The minimum Gasteiger partial charge on any atom is -0.423 e. The molecule has 7 unspecified atom stereocenters. The van der Waals surface area contributed by atoms with Crippen molar-refractivity contribution in [2.75, 3.05) is 6.61 Å². The summed E-state index contributed by atoms with van der Waals surface area (Å²) in [6, 6.07) is 8.77. The predicted octanol–water partition coefficient (Wildman–Crippen LogP) is -0.564. The average molecular weight is 420 g/mol. The van der Waals surface area contributed by atoms with E-state index in [1.54, 1.807) is 30.3 Å². The van der Waals surface area contributed by atoms with Gasteiger partial charge in [0.05, 0.1) is 18.3 Å². The maximum atomic E-state index is 12.7. The van der Waals surface area contributed by atoms with Crippen molar-refractivity contribution in [2.45, 2.75) is 55.8 Å². The largest absolute Gasteiger partial charge is 0.423 e. The number of allylic oxidation sites excluding steroid dienone is 1. The fourth-order valence-corrected chi connectivity index (χ4v) is 3.94. The lowest BCUT2D eigenvalue weighted by Gasteiger charge is -2.41. The number of fused-ring (bicyclic) bond motifs is 1. The maximum Gasteiger partial charge on any atom is 0.342 e. The van der Waals surface area contributed by atoms with Crippen molar-refractivity contribution in [3.8, 4) is 0 Å². The van der Waals surface area contributed by atoms with Gasteiger partial charge in [-0.1, -0.05) is 30.3 Å². The Morgan fingerprint density at radius 3 is 2.50 bits per heavy atom. The van der Waals surface area contributed by atoms with Crippen molar-refractivity contribution in [2.24, 2.45) is 0 Å². The zero-order valence-corrected chi connectivity index (χ0v) is 16.0. The summed E-state index contributed by atoms with van der Waals surface area (Å²) < 4.78 is 16.8. The number of aliphatic hydroxyl groups is 5. The summed E-state index contributed by atoms with van der Waals surface area (Å²) in [5.74, 6) is -0.351. The second kappa shape index (κ2) is 8.56. The molecule has 7 atom stereocenters. The molecule has 9 nitrogen and oxygen atoms in total. The number of aliphatic hydroxyl groups excluding tert-OH is 5. The Hall–Kier alpha value is -2.11. The summed E-state index contributed by atoms with van der Waals surface area (Å²) in [5.41, 5.74) is 1.40. The molecule has 162 valence electrons. The molecule has 3 aliphatic rings. The van der Waals surface area contributed by atoms with Crippen LogP contribution in [0, 0.1) is 0 Å². The summed E-state index contributed by atoms with van der Waals surface area (Å²) in [5, 5.41) is 49.7. The molecule has 1 aromatic carbocycles. The van der Waals surface area contributed by atoms with Gasteiger partial charge < -0.3 is 39.7 Å². The zero-order chi connectivity index (χ0) is 21.4. The fraction of sp³-hybridized carbons (Fsp3) is 0.476. The number of rotatable bonds is 5. The van der Waals surface area contributed by atoms with Gasteiger partial charge >= 0.3 is 5.97 Å². The molecular weight excluding hydrogens is 396 g/mol. The van der Waals surface area contributed by atoms with E-state index in [4.69, 9.17) is 14.2 Å². The van der Waals surface area contributed by atoms with E-state index in [9.17, 15) is 30.3 Å². The lowest BCUT2D eigenvalue weighted by Crippen LogP contribution is -2.59. The highest BCUT2D eigenvalue weighted by atomic mass is 16.7. The number of carbonyl (C=O) groups is 1. The number of benzene rings is 1. The Morgan fingerprint density at radius 2 is 1.80 bits per heavy atom. The summed E-state index contributed by atoms with van der Waals surface area (Å²) in [6.45, 7) is -0.596. The standard InChI is InChI=1S/C21H24O9/c22-9-14-16(24)17(25)18(26)21(29-14)30-19(10-4-2-1-3-5-10)15-12-7-6-11(23)8-13(12)28-20(15)27/h1-5,8,11,14,16-19,21-26H,6-7,9H2. The van der Waals surface area contributed by atoms with Gasteiger partial charge in [-0.3, -0.25) is 0 Å². The highest BCUT2D eigenvalue weighted by molar-refractivity contribution is 5.96. The van der Waals surface area contributed by atoms with E-state index in [0.29, 0.717) is 24.0 Å². The van der Waals surface area contributed by atoms with Gasteiger partial charge in [-0.2, -0.15) is 0 Å². The molecule has 1 aromatic rings. The zero-order valence-electron chi connectivity index (χ0n) is 16.0. The first kappa shape index (κ1) is 21.1. The molecule has 0 spiro atoms. The second-order valence-corrected chi connectivity index (χ2v) is 7.54. The van der Waals surface area contributed by atoms with Gasteiger partial charge in [0.2, 0.25) is 0 Å². The van der Waals surface area contributed by atoms with Gasteiger partial charge in [0.1, 0.15) is 36.3 Å². The molecule has 1 aliphatic carbocycles. The Labute approximate surface area is 172 Å². The highest BCUT2D eigenvalue weighted by Gasteiger charge is 2.47. The van der Waals surface area contributed by atoms with Gasteiger partial charge in [-0.25, -0.2) is 4.79 Å². The molecule has 9 heteroatoms. The first-order valence-corrected chi connectivity index (χ1v) is 9.77. The third-order valence-corrected chi connectivity index (χ3v) is 5.56. The number of carbonyl (C=O) groups excluding carboxylic acids is 1. The van der Waals surface area contributed by atoms with Crippen LogP contribution in [0.2, 0.25) is 0 Å². The molecule has 0 radical (unpaired) electrons. The van der Waals surface area contributed by atoms with Crippen LogP contribution >= 0.6 is 0 Å². The monoisotopic (exact) mass is 420 g/mol. The molecule has 5 N–H and O–H groups in total. The van der Waals surface area contributed by atoms with E-state index >= 15 is 0 Å². The van der Waals surface area contributed by atoms with Gasteiger partial charge in [-0.15, -0.1) is 0 Å². The van der Waals surface area contributed by atoms with Crippen molar-refractivity contribution in [1.29, 1.82) is 0 Å². The lowest BCUT2D eigenvalue weighted by atomic mass is 9.90. The Morgan fingerprint density at radius 1 is 1.07 bits per heavy atom. The van der Waals surface area contributed by atoms with Crippen molar-refractivity contribution >= 4 is 5.97 Å². The van der Waals surface area contributed by atoms with Gasteiger partial charge in [0, 0.05) is 5.57 Å². The molecule has 1 fully saturated rings. The third-order valence-electron chi connectivity index (χ3n) is 5.56. The van der Waals surface area contributed by atoms with E-state index in [0.717, 1.165) is 0 Å². The summed E-state index contributed by atoms with van der Waals surface area (Å²) >= 11 is 0. The van der Waals surface area contributed by atoms with Crippen LogP contribution < -0.4 is 0 Å². The molecule has 0 aromatic heterocycles. The van der Waals surface area contributed by atoms with Crippen molar-refractivity contribution in [1.82, 2.24) is 0 Å². The third kappa shape index (κ3) is 3.81. The molecule has 2 heterocycles. The lowest BCUT2D eigenvalue weighted by molar-refractivity contribution is -0.309. The quantitative estimate of drug-likeness (QED) is 0.396. The van der Waals surface area contributed by atoms with Crippen LogP contribution in [-0.4, -0.2) is 74.9 Å². The van der Waals surface area contributed by atoms with E-state index in [2.05, 4.69) is 0 Å². The molecular formula is C21H24O9. The number of ether oxygens (including phenoxy) is 3. The molecule has 0 amide bonds. The fourth-order valence-electron chi connectivity index (χ4n) is 3.94. The Kier molecular flexibility index (Phi) is 6.03. The molecule has 30 heavy (non-hydrogen) atoms. The first-order chi connectivity index (χ1) is 14.4. The predicted molar refractivity (Wildman–Crippen MR) is 100 cm³/mol. The average Bonchev–Trinajstić information content (AvgIpc) is 3.07. The summed E-state index contributed by atoms with van der Waals surface area (Å²) in [6.07, 6.45) is -6.73. The number of esters is 1. The van der Waals surface area contributed by atoms with E-state index < -0.39 is 55.5 Å². The highest BCUT2D eigenvalue weighted by Crippen LogP contribution is 2.42. The van der Waals surface area contributed by atoms with E-state index in [-0.39, 0.29) is 11.3 Å². The number of hydrogen-bond donors (Lipinski definition) is 5. The van der Waals surface area contributed by atoms with Crippen LogP contribution in [0.5, 0.6) is 0 Å². The van der Waals surface area contributed by atoms with Crippen molar-refractivity contribution in [3.05, 3.63) is 58.9 Å². The first-order valence-electron chi connectivity index (χ1n) is 9.77. The molecule has 0 bridgehead atoms. The van der Waals surface area contributed by atoms with Crippen molar-refractivity contribution < 1.29 is 44.5 Å². The Bertz CT molecular complexity index is 847. The van der Waals surface area contributed by atoms with Crippen LogP contribution in [0.3, 0.4) is 0 Å². The van der Waals surface area contributed by atoms with Gasteiger partial charge in [0.25, 0.3) is 0 Å². The Balaban J connectivity index is 1.71. The normalized spacial score (nSPS) is 35.0. The van der Waals surface area contributed by atoms with Gasteiger partial charge in [-0.05, 0) is 24.5 Å². The maximum absolute atomic E-state index is 12.7. The van der Waals surface area contributed by atoms with Crippen LogP contribution in [0.15, 0.2) is 53.3 Å². The van der Waals surface area contributed by atoms with Crippen LogP contribution in [-0.2, 0) is 19.0 Å². The smallest absolute Gasteiger partial charge is 0.342 e. The van der Waals surface area contributed by atoms with Crippen LogP contribution in [0.1, 0.15) is 24.5 Å². The molecule has 2 aliphatic heterocycles. The summed E-state index contributed by atoms with van der Waals surface area (Å²) in [4.78, 5) is 12.7. The topological polar surface area (TPSA) is 146 Å². The summed E-state index contributed by atoms with van der Waals surface area (Å²) in [7, 11) is 0. The minimum absolute atomic E-state index is 0.219. The van der Waals surface area contributed by atoms with Crippen molar-refractivity contribution in [3.63, 3.8) is 0 Å². The number of hydrogen-bond acceptors (Lipinski definition) is 9. The minimum atomic E-state index is -1.61.